The van der Waals surface area contributed by atoms with E-state index in [2.05, 4.69) is 36.2 Å². The first-order chi connectivity index (χ1) is 13.4. The Morgan fingerprint density at radius 1 is 1.00 bits per heavy atom. The molecule has 4 rings (SSSR count). The number of nitrogens with one attached hydrogen (secondary N) is 1. The van der Waals surface area contributed by atoms with Crippen LogP contribution in [0.25, 0.3) is 16.9 Å². The number of halogens is 4. The summed E-state index contributed by atoms with van der Waals surface area (Å²) in [5.74, 6) is 0.520. The van der Waals surface area contributed by atoms with E-state index in [4.69, 9.17) is 0 Å². The van der Waals surface area contributed by atoms with Gasteiger partial charge in [-0.05, 0) is 27.6 Å². The number of benzene rings is 1. The molecule has 0 aliphatic carbocycles. The van der Waals surface area contributed by atoms with E-state index in [9.17, 15) is 13.2 Å². The van der Waals surface area contributed by atoms with Gasteiger partial charge in [-0.2, -0.15) is 13.2 Å². The van der Waals surface area contributed by atoms with Gasteiger partial charge in [0.25, 0.3) is 0 Å². The van der Waals surface area contributed by atoms with E-state index >= 15 is 0 Å². The molecule has 4 aromatic rings. The monoisotopic (exact) mass is 447 g/mol. The number of imidazole rings is 1. The molecule has 0 saturated heterocycles. The summed E-state index contributed by atoms with van der Waals surface area (Å²) in [5, 5.41) is 3.15. The molecule has 0 bridgehead atoms. The smallest absolute Gasteiger partial charge is 0.363 e. The summed E-state index contributed by atoms with van der Waals surface area (Å²) in [4.78, 5) is 12.5. The molecule has 0 saturated carbocycles. The Labute approximate surface area is 166 Å². The Hall–Kier alpha value is -2.94. The van der Waals surface area contributed by atoms with Gasteiger partial charge in [-0.1, -0.05) is 36.4 Å². The van der Waals surface area contributed by atoms with Crippen LogP contribution in [0.3, 0.4) is 0 Å². The summed E-state index contributed by atoms with van der Waals surface area (Å²) >= 11 is 3.46. The minimum absolute atomic E-state index is 0.260. The molecular formula is C19H13BrF3N5. The number of hydrogen-bond donors (Lipinski definition) is 1. The quantitative estimate of drug-likeness (QED) is 0.467. The standard InChI is InChI=1S/C19H13BrF3N5/c20-16-10-26-18-17(25-9-12-6-7-15(24-8-12)19(21,22)23)27-14(11-28(16)18)13-4-2-1-3-5-13/h1-8,10-11H,9H2,(H,25,27). The lowest BCUT2D eigenvalue weighted by atomic mass is 10.2. The van der Waals surface area contributed by atoms with Crippen molar-refractivity contribution in [2.45, 2.75) is 12.7 Å². The van der Waals surface area contributed by atoms with Crippen molar-refractivity contribution in [1.82, 2.24) is 19.4 Å². The Kier molecular flexibility index (Phi) is 4.76. The van der Waals surface area contributed by atoms with Crippen LogP contribution in [0.2, 0.25) is 0 Å². The minimum Gasteiger partial charge on any atom is -0.363 e. The SMILES string of the molecule is FC(F)(F)c1ccc(CNc2nc(-c3ccccc3)cn3c(Br)cnc23)cn1. The van der Waals surface area contributed by atoms with E-state index in [0.29, 0.717) is 17.0 Å². The highest BCUT2D eigenvalue weighted by Gasteiger charge is 2.31. The Morgan fingerprint density at radius 2 is 1.79 bits per heavy atom. The summed E-state index contributed by atoms with van der Waals surface area (Å²) in [6, 6.07) is 12.0. The van der Waals surface area contributed by atoms with E-state index in [1.54, 1.807) is 6.20 Å². The second kappa shape index (κ2) is 7.23. The fourth-order valence-corrected chi connectivity index (χ4v) is 3.08. The molecular weight excluding hydrogens is 435 g/mol. The summed E-state index contributed by atoms with van der Waals surface area (Å²) in [6.07, 6.45) is 0.282. The average Bonchev–Trinajstić information content (AvgIpc) is 3.07. The van der Waals surface area contributed by atoms with Crippen LogP contribution >= 0.6 is 15.9 Å². The second-order valence-electron chi connectivity index (χ2n) is 6.02. The van der Waals surface area contributed by atoms with Gasteiger partial charge in [-0.15, -0.1) is 0 Å². The van der Waals surface area contributed by atoms with Crippen LogP contribution in [0.5, 0.6) is 0 Å². The number of aromatic nitrogens is 4. The van der Waals surface area contributed by atoms with E-state index < -0.39 is 11.9 Å². The van der Waals surface area contributed by atoms with Crippen LogP contribution in [0.15, 0.2) is 65.7 Å². The molecule has 0 amide bonds. The molecule has 9 heteroatoms. The van der Waals surface area contributed by atoms with Crippen LogP contribution in [-0.2, 0) is 12.7 Å². The first-order valence-electron chi connectivity index (χ1n) is 8.27. The third kappa shape index (κ3) is 3.70. The van der Waals surface area contributed by atoms with Crippen LogP contribution in [-0.4, -0.2) is 19.4 Å². The fourth-order valence-electron chi connectivity index (χ4n) is 2.71. The van der Waals surface area contributed by atoms with Crippen LogP contribution < -0.4 is 5.32 Å². The third-order valence-electron chi connectivity index (χ3n) is 4.09. The molecule has 0 aliphatic heterocycles. The minimum atomic E-state index is -4.45. The molecule has 142 valence electrons. The van der Waals surface area contributed by atoms with E-state index in [0.717, 1.165) is 21.9 Å². The first-order valence-corrected chi connectivity index (χ1v) is 9.06. The molecule has 3 aromatic heterocycles. The second-order valence-corrected chi connectivity index (χ2v) is 6.83. The van der Waals surface area contributed by atoms with Crippen molar-refractivity contribution < 1.29 is 13.2 Å². The normalized spacial score (nSPS) is 11.7. The van der Waals surface area contributed by atoms with E-state index in [1.807, 2.05) is 40.9 Å². The molecule has 5 nitrogen and oxygen atoms in total. The lowest BCUT2D eigenvalue weighted by Crippen LogP contribution is -2.09. The van der Waals surface area contributed by atoms with Crippen molar-refractivity contribution in [2.75, 3.05) is 5.32 Å². The van der Waals surface area contributed by atoms with Gasteiger partial charge in [0.2, 0.25) is 0 Å². The van der Waals surface area contributed by atoms with Crippen LogP contribution in [0.1, 0.15) is 11.3 Å². The van der Waals surface area contributed by atoms with Crippen molar-refractivity contribution >= 4 is 27.4 Å². The maximum atomic E-state index is 12.6. The van der Waals surface area contributed by atoms with Crippen molar-refractivity contribution in [3.8, 4) is 11.3 Å². The number of alkyl halides is 3. The van der Waals surface area contributed by atoms with Crippen molar-refractivity contribution in [3.63, 3.8) is 0 Å². The molecule has 0 atom stereocenters. The van der Waals surface area contributed by atoms with Gasteiger partial charge in [0.05, 0.1) is 11.9 Å². The van der Waals surface area contributed by atoms with Gasteiger partial charge in [0.15, 0.2) is 11.5 Å². The largest absolute Gasteiger partial charge is 0.433 e. The summed E-state index contributed by atoms with van der Waals surface area (Å²) < 4.78 is 40.6. The van der Waals surface area contributed by atoms with Gasteiger partial charge in [0.1, 0.15) is 10.3 Å². The molecule has 0 radical (unpaired) electrons. The third-order valence-corrected chi connectivity index (χ3v) is 4.68. The summed E-state index contributed by atoms with van der Waals surface area (Å²) in [6.45, 7) is 0.260. The molecule has 1 aromatic carbocycles. The highest BCUT2D eigenvalue weighted by molar-refractivity contribution is 9.10. The number of nitrogens with zero attached hydrogens (tertiary/aromatic N) is 4. The zero-order chi connectivity index (χ0) is 19.7. The number of hydrogen-bond acceptors (Lipinski definition) is 4. The van der Waals surface area contributed by atoms with E-state index in [-0.39, 0.29) is 6.54 Å². The summed E-state index contributed by atoms with van der Waals surface area (Å²) in [7, 11) is 0. The molecule has 0 spiro atoms. The first kappa shape index (κ1) is 18.4. The molecule has 28 heavy (non-hydrogen) atoms. The molecule has 0 fully saturated rings. The number of anilines is 1. The molecule has 0 unspecified atom stereocenters. The van der Waals surface area contributed by atoms with Crippen molar-refractivity contribution in [1.29, 1.82) is 0 Å². The maximum absolute atomic E-state index is 12.6. The average molecular weight is 448 g/mol. The van der Waals surface area contributed by atoms with Gasteiger partial charge in [0, 0.05) is 24.5 Å². The Morgan fingerprint density at radius 3 is 2.46 bits per heavy atom. The van der Waals surface area contributed by atoms with Gasteiger partial charge in [-0.25, -0.2) is 9.97 Å². The summed E-state index contributed by atoms with van der Waals surface area (Å²) in [5.41, 5.74) is 1.96. The van der Waals surface area contributed by atoms with Crippen molar-refractivity contribution in [2.24, 2.45) is 0 Å². The highest BCUT2D eigenvalue weighted by atomic mass is 79.9. The van der Waals surface area contributed by atoms with Gasteiger partial charge < -0.3 is 5.32 Å². The Balaban J connectivity index is 1.65. The maximum Gasteiger partial charge on any atom is 0.433 e. The number of rotatable bonds is 4. The highest BCUT2D eigenvalue weighted by Crippen LogP contribution is 2.28. The zero-order valence-corrected chi connectivity index (χ0v) is 15.9. The zero-order valence-electron chi connectivity index (χ0n) is 14.3. The van der Waals surface area contributed by atoms with Crippen LogP contribution in [0.4, 0.5) is 19.0 Å². The number of fused-ring (bicyclic) bond motifs is 1. The molecule has 0 aliphatic rings. The predicted octanol–water partition coefficient (Wildman–Crippen LogP) is 5.18. The predicted molar refractivity (Wildman–Crippen MR) is 103 cm³/mol. The lowest BCUT2D eigenvalue weighted by Gasteiger charge is -2.11. The topological polar surface area (TPSA) is 55.1 Å². The van der Waals surface area contributed by atoms with Gasteiger partial charge in [-0.3, -0.25) is 9.38 Å². The lowest BCUT2D eigenvalue weighted by molar-refractivity contribution is -0.141. The Bertz CT molecular complexity index is 1110. The van der Waals surface area contributed by atoms with Crippen molar-refractivity contribution in [3.05, 3.63) is 76.9 Å². The molecule has 1 N–H and O–H groups in total. The van der Waals surface area contributed by atoms with E-state index in [1.165, 1.54) is 12.3 Å². The van der Waals surface area contributed by atoms with Gasteiger partial charge >= 0.3 is 6.18 Å². The van der Waals surface area contributed by atoms with Crippen LogP contribution in [0, 0.1) is 0 Å². The molecule has 3 heterocycles. The fraction of sp³-hybridized carbons (Fsp3) is 0.105. The number of pyridine rings is 1.